The highest BCUT2D eigenvalue weighted by Crippen LogP contribution is 2.22. The molecule has 9 nitrogen and oxygen atoms in total. The Kier molecular flexibility index (Phi) is 7.24. The maximum absolute atomic E-state index is 12.3. The number of benzene rings is 1. The summed E-state index contributed by atoms with van der Waals surface area (Å²) in [7, 11) is 2.38. The third kappa shape index (κ3) is 4.93. The van der Waals surface area contributed by atoms with E-state index in [9.17, 15) is 24.0 Å². The zero-order chi connectivity index (χ0) is 20.8. The molecule has 3 amide bonds. The molecule has 1 aliphatic heterocycles. The van der Waals surface area contributed by atoms with Crippen LogP contribution in [-0.2, 0) is 23.9 Å². The number of anilines is 1. The topological polar surface area (TPSA) is 119 Å². The Hall–Kier alpha value is -2.79. The van der Waals surface area contributed by atoms with Crippen LogP contribution in [0.5, 0.6) is 0 Å². The fourth-order valence-electron chi connectivity index (χ4n) is 2.34. The molecule has 0 unspecified atom stereocenters. The van der Waals surface area contributed by atoms with Gasteiger partial charge < -0.3 is 14.8 Å². The number of nitrogens with one attached hydrogen (secondary N) is 1. The van der Waals surface area contributed by atoms with E-state index in [1.807, 2.05) is 0 Å². The molecule has 1 aromatic carbocycles. The fraction of sp³-hybridized carbons (Fsp3) is 0.294. The maximum Gasteiger partial charge on any atom is 0.339 e. The van der Waals surface area contributed by atoms with Crippen LogP contribution in [0.2, 0.25) is 0 Å². The molecule has 0 bridgehead atoms. The number of likely N-dealkylation sites (tertiary alicyclic amines) is 1. The number of carbonyl (C=O) groups is 5. The molecule has 0 atom stereocenters. The molecule has 1 fully saturated rings. The van der Waals surface area contributed by atoms with Crippen molar-refractivity contribution in [3.8, 4) is 0 Å². The number of thioether (sulfide) groups is 1. The van der Waals surface area contributed by atoms with Gasteiger partial charge in [-0.3, -0.25) is 14.4 Å². The minimum atomic E-state index is -0.705. The molecule has 0 aliphatic carbocycles. The minimum absolute atomic E-state index is 0.0147. The fourth-order valence-corrected chi connectivity index (χ4v) is 3.38. The SMILES string of the molecule is COC(=O)c1ccc(C(=O)OC)c(NC(=O)CSC(=S)N2C(=O)CCC2=O)c1. The molecule has 0 aromatic heterocycles. The summed E-state index contributed by atoms with van der Waals surface area (Å²) in [4.78, 5) is 60.0. The quantitative estimate of drug-likeness (QED) is 0.424. The summed E-state index contributed by atoms with van der Waals surface area (Å²) in [6, 6.07) is 3.97. The molecule has 1 aliphatic rings. The second-order valence-corrected chi connectivity index (χ2v) is 7.08. The first-order chi connectivity index (χ1) is 13.3. The molecule has 1 heterocycles. The van der Waals surface area contributed by atoms with Crippen molar-refractivity contribution in [1.82, 2.24) is 4.90 Å². The van der Waals surface area contributed by atoms with Crippen LogP contribution < -0.4 is 5.32 Å². The van der Waals surface area contributed by atoms with Gasteiger partial charge in [-0.05, 0) is 18.2 Å². The van der Waals surface area contributed by atoms with Crippen molar-refractivity contribution >= 4 is 63.6 Å². The number of carbonyl (C=O) groups excluding carboxylic acids is 5. The van der Waals surface area contributed by atoms with E-state index in [4.69, 9.17) is 12.2 Å². The highest BCUT2D eigenvalue weighted by Gasteiger charge is 2.32. The van der Waals surface area contributed by atoms with E-state index >= 15 is 0 Å². The molecule has 2 rings (SSSR count). The standard InChI is InChI=1S/C17H16N2O7S2/c1-25-15(23)9-3-4-10(16(24)26-2)11(7-9)18-12(20)8-28-17(27)19-13(21)5-6-14(19)22/h3-4,7H,5-6,8H2,1-2H3,(H,18,20). The van der Waals surface area contributed by atoms with E-state index in [0.29, 0.717) is 0 Å². The summed E-state index contributed by atoms with van der Waals surface area (Å²) in [5.74, 6) is -2.92. The summed E-state index contributed by atoms with van der Waals surface area (Å²) in [6.07, 6.45) is 0.184. The second-order valence-electron chi connectivity index (χ2n) is 5.47. The van der Waals surface area contributed by atoms with Gasteiger partial charge in [-0.25, -0.2) is 14.5 Å². The molecule has 1 saturated heterocycles. The van der Waals surface area contributed by atoms with Crippen molar-refractivity contribution in [2.24, 2.45) is 0 Å². The molecule has 1 N–H and O–H groups in total. The van der Waals surface area contributed by atoms with Gasteiger partial charge in [0.2, 0.25) is 17.7 Å². The molecule has 0 radical (unpaired) electrons. The number of imide groups is 1. The Labute approximate surface area is 169 Å². The largest absolute Gasteiger partial charge is 0.465 e. The predicted molar refractivity (Wildman–Crippen MR) is 104 cm³/mol. The minimum Gasteiger partial charge on any atom is -0.465 e. The van der Waals surface area contributed by atoms with E-state index in [1.54, 1.807) is 0 Å². The van der Waals surface area contributed by atoms with E-state index in [0.717, 1.165) is 16.7 Å². The van der Waals surface area contributed by atoms with Gasteiger partial charge in [-0.2, -0.15) is 0 Å². The van der Waals surface area contributed by atoms with E-state index in [2.05, 4.69) is 14.8 Å². The molecule has 0 saturated carbocycles. The Morgan fingerprint density at radius 2 is 1.71 bits per heavy atom. The molecule has 0 spiro atoms. The van der Waals surface area contributed by atoms with Crippen molar-refractivity contribution in [2.75, 3.05) is 25.3 Å². The van der Waals surface area contributed by atoms with E-state index in [1.165, 1.54) is 32.4 Å². The van der Waals surface area contributed by atoms with Gasteiger partial charge in [0.1, 0.15) is 4.32 Å². The van der Waals surface area contributed by atoms with Gasteiger partial charge in [0.05, 0.1) is 36.8 Å². The van der Waals surface area contributed by atoms with Crippen molar-refractivity contribution in [3.05, 3.63) is 29.3 Å². The van der Waals surface area contributed by atoms with E-state index < -0.39 is 29.7 Å². The third-order valence-electron chi connectivity index (χ3n) is 3.68. The number of rotatable bonds is 5. The predicted octanol–water partition coefficient (Wildman–Crippen LogP) is 1.37. The number of methoxy groups -OCH3 is 2. The summed E-state index contributed by atoms with van der Waals surface area (Å²) in [6.45, 7) is 0. The van der Waals surface area contributed by atoms with Crippen LogP contribution >= 0.6 is 24.0 Å². The first kappa shape index (κ1) is 21.5. The van der Waals surface area contributed by atoms with Gasteiger partial charge in [-0.1, -0.05) is 24.0 Å². The van der Waals surface area contributed by atoms with Crippen molar-refractivity contribution < 1.29 is 33.4 Å². The second kappa shape index (κ2) is 9.42. The lowest BCUT2D eigenvalue weighted by Gasteiger charge is -2.14. The summed E-state index contributed by atoms with van der Waals surface area (Å²) >= 11 is 5.88. The third-order valence-corrected chi connectivity index (χ3v) is 5.05. The van der Waals surface area contributed by atoms with Gasteiger partial charge in [-0.15, -0.1) is 0 Å². The molecule has 28 heavy (non-hydrogen) atoms. The number of ether oxygens (including phenoxy) is 2. The van der Waals surface area contributed by atoms with Gasteiger partial charge in [0, 0.05) is 12.8 Å². The molecule has 11 heteroatoms. The van der Waals surface area contributed by atoms with E-state index in [-0.39, 0.29) is 39.7 Å². The van der Waals surface area contributed by atoms with Crippen LogP contribution in [0.3, 0.4) is 0 Å². The van der Waals surface area contributed by atoms with Gasteiger partial charge in [0.25, 0.3) is 0 Å². The van der Waals surface area contributed by atoms with Crippen LogP contribution in [0.15, 0.2) is 18.2 Å². The Morgan fingerprint density at radius 1 is 1.11 bits per heavy atom. The monoisotopic (exact) mass is 424 g/mol. The number of thiocarbonyl (C=S) groups is 1. The van der Waals surface area contributed by atoms with Crippen LogP contribution in [0.25, 0.3) is 0 Å². The Balaban J connectivity index is 2.10. The van der Waals surface area contributed by atoms with Crippen LogP contribution in [-0.4, -0.2) is 58.9 Å². The summed E-state index contributed by atoms with van der Waals surface area (Å²) < 4.78 is 9.27. The number of esters is 2. The smallest absolute Gasteiger partial charge is 0.339 e. The lowest BCUT2D eigenvalue weighted by atomic mass is 10.1. The van der Waals surface area contributed by atoms with Gasteiger partial charge in [0.15, 0.2) is 0 Å². The number of hydrogen-bond acceptors (Lipinski definition) is 9. The van der Waals surface area contributed by atoms with Crippen molar-refractivity contribution in [2.45, 2.75) is 12.8 Å². The number of hydrogen-bond donors (Lipinski definition) is 1. The molecular weight excluding hydrogens is 408 g/mol. The molecule has 1 aromatic rings. The molecule has 148 valence electrons. The van der Waals surface area contributed by atoms with Crippen LogP contribution in [0.4, 0.5) is 5.69 Å². The summed E-state index contributed by atoms with van der Waals surface area (Å²) in [5, 5.41) is 2.50. The first-order valence-electron chi connectivity index (χ1n) is 7.91. The average molecular weight is 424 g/mol. The first-order valence-corrected chi connectivity index (χ1v) is 9.31. The lowest BCUT2D eigenvalue weighted by Crippen LogP contribution is -2.33. The Morgan fingerprint density at radius 3 is 2.29 bits per heavy atom. The van der Waals surface area contributed by atoms with Crippen LogP contribution in [0.1, 0.15) is 33.6 Å². The normalized spacial score (nSPS) is 13.3. The van der Waals surface area contributed by atoms with Gasteiger partial charge >= 0.3 is 11.9 Å². The Bertz CT molecular complexity index is 853. The number of nitrogens with zero attached hydrogens (tertiary/aromatic N) is 1. The highest BCUT2D eigenvalue weighted by atomic mass is 32.2. The zero-order valence-electron chi connectivity index (χ0n) is 15.0. The van der Waals surface area contributed by atoms with Crippen LogP contribution in [0, 0.1) is 0 Å². The lowest BCUT2D eigenvalue weighted by molar-refractivity contribution is -0.133. The number of amides is 3. The zero-order valence-corrected chi connectivity index (χ0v) is 16.6. The highest BCUT2D eigenvalue weighted by molar-refractivity contribution is 8.23. The van der Waals surface area contributed by atoms with Crippen molar-refractivity contribution in [1.29, 1.82) is 0 Å². The summed E-state index contributed by atoms with van der Waals surface area (Å²) in [5.41, 5.74) is 0.224. The van der Waals surface area contributed by atoms with Crippen molar-refractivity contribution in [3.63, 3.8) is 0 Å². The molecular formula is C17H16N2O7S2. The maximum atomic E-state index is 12.3. The average Bonchev–Trinajstić information content (AvgIpc) is 3.03.